The van der Waals surface area contributed by atoms with Gasteiger partial charge in [0.25, 0.3) is 0 Å². The van der Waals surface area contributed by atoms with Crippen molar-refractivity contribution in [2.75, 3.05) is 7.11 Å². The number of ether oxygens (including phenoxy) is 2. The van der Waals surface area contributed by atoms with E-state index in [9.17, 15) is 9.59 Å². The Kier molecular flexibility index (Phi) is 3.82. The van der Waals surface area contributed by atoms with Gasteiger partial charge in [0.1, 0.15) is 12.6 Å². The molecule has 2 fully saturated rings. The molecule has 5 heteroatoms. The van der Waals surface area contributed by atoms with Gasteiger partial charge in [0.05, 0.1) is 7.11 Å². The van der Waals surface area contributed by atoms with Gasteiger partial charge in [-0.3, -0.25) is 4.90 Å². The zero-order valence-electron chi connectivity index (χ0n) is 12.0. The number of esters is 1. The summed E-state index contributed by atoms with van der Waals surface area (Å²) >= 11 is 0. The molecule has 3 atom stereocenters. The van der Waals surface area contributed by atoms with Crippen LogP contribution in [0.15, 0.2) is 30.3 Å². The largest absolute Gasteiger partial charge is 0.467 e. The zero-order chi connectivity index (χ0) is 14.8. The highest BCUT2D eigenvalue weighted by molar-refractivity contribution is 5.83. The normalized spacial score (nSPS) is 26.7. The second-order valence-corrected chi connectivity index (χ2v) is 5.64. The van der Waals surface area contributed by atoms with Crippen LogP contribution < -0.4 is 0 Å². The molecule has 1 aromatic carbocycles. The molecule has 2 aliphatic rings. The van der Waals surface area contributed by atoms with Crippen LogP contribution in [0, 0.1) is 5.92 Å². The van der Waals surface area contributed by atoms with Crippen molar-refractivity contribution in [3.8, 4) is 0 Å². The summed E-state index contributed by atoms with van der Waals surface area (Å²) < 4.78 is 10.2. The van der Waals surface area contributed by atoms with Crippen molar-refractivity contribution in [3.05, 3.63) is 35.9 Å². The SMILES string of the molecule is COC(=O)C1C2CCC(C2)N1C(=O)OCc1ccccc1. The van der Waals surface area contributed by atoms with Crippen molar-refractivity contribution < 1.29 is 19.1 Å². The Balaban J connectivity index is 1.67. The molecule has 1 aromatic rings. The van der Waals surface area contributed by atoms with Gasteiger partial charge in [-0.2, -0.15) is 0 Å². The molecule has 0 spiro atoms. The first-order valence-electron chi connectivity index (χ1n) is 7.27. The van der Waals surface area contributed by atoms with Crippen LogP contribution in [-0.4, -0.2) is 36.2 Å². The number of hydrogen-bond donors (Lipinski definition) is 0. The van der Waals surface area contributed by atoms with E-state index in [-0.39, 0.29) is 24.5 Å². The van der Waals surface area contributed by atoms with Crippen LogP contribution in [0.3, 0.4) is 0 Å². The summed E-state index contributed by atoms with van der Waals surface area (Å²) in [5.41, 5.74) is 0.935. The van der Waals surface area contributed by atoms with Crippen LogP contribution in [-0.2, 0) is 20.9 Å². The van der Waals surface area contributed by atoms with Gasteiger partial charge in [-0.05, 0) is 30.7 Å². The number of carbonyl (C=O) groups excluding carboxylic acids is 2. The van der Waals surface area contributed by atoms with E-state index in [0.717, 1.165) is 24.8 Å². The minimum Gasteiger partial charge on any atom is -0.467 e. The van der Waals surface area contributed by atoms with Gasteiger partial charge in [-0.1, -0.05) is 30.3 Å². The number of piperidine rings is 1. The molecule has 112 valence electrons. The van der Waals surface area contributed by atoms with E-state index in [2.05, 4.69) is 0 Å². The highest BCUT2D eigenvalue weighted by atomic mass is 16.6. The van der Waals surface area contributed by atoms with Crippen LogP contribution >= 0.6 is 0 Å². The summed E-state index contributed by atoms with van der Waals surface area (Å²) in [5, 5.41) is 0. The molecule has 1 heterocycles. The molecule has 5 nitrogen and oxygen atoms in total. The van der Waals surface area contributed by atoms with Crippen LogP contribution in [0.1, 0.15) is 24.8 Å². The predicted octanol–water partition coefficient (Wildman–Crippen LogP) is 2.35. The third-order valence-electron chi connectivity index (χ3n) is 4.44. The molecule has 2 bridgehead atoms. The Hall–Kier alpha value is -2.04. The number of amides is 1. The Morgan fingerprint density at radius 2 is 2.00 bits per heavy atom. The fraction of sp³-hybridized carbons (Fsp3) is 0.500. The summed E-state index contributed by atoms with van der Waals surface area (Å²) in [5.74, 6) is -0.120. The quantitative estimate of drug-likeness (QED) is 0.802. The van der Waals surface area contributed by atoms with E-state index in [1.54, 1.807) is 4.90 Å². The second kappa shape index (κ2) is 5.76. The lowest BCUT2D eigenvalue weighted by Crippen LogP contribution is -2.49. The molecule has 1 saturated carbocycles. The molecule has 21 heavy (non-hydrogen) atoms. The molecule has 1 aliphatic carbocycles. The van der Waals surface area contributed by atoms with Crippen molar-refractivity contribution in [2.24, 2.45) is 5.92 Å². The molecule has 1 amide bonds. The number of methoxy groups -OCH3 is 1. The summed E-state index contributed by atoms with van der Waals surface area (Å²) in [4.78, 5) is 25.8. The smallest absolute Gasteiger partial charge is 0.411 e. The van der Waals surface area contributed by atoms with Gasteiger partial charge < -0.3 is 9.47 Å². The van der Waals surface area contributed by atoms with Crippen molar-refractivity contribution in [1.29, 1.82) is 0 Å². The minimum atomic E-state index is -0.475. The van der Waals surface area contributed by atoms with Crippen LogP contribution in [0.25, 0.3) is 0 Å². The molecule has 1 saturated heterocycles. The molecular formula is C16H19NO4. The van der Waals surface area contributed by atoms with E-state index in [0.29, 0.717) is 0 Å². The maximum atomic E-state index is 12.3. The summed E-state index contributed by atoms with van der Waals surface area (Å²) in [6.45, 7) is 0.224. The third kappa shape index (κ3) is 2.60. The fourth-order valence-electron chi connectivity index (χ4n) is 3.47. The lowest BCUT2D eigenvalue weighted by atomic mass is 9.99. The standard InChI is InChI=1S/C16H19NO4/c1-20-15(18)14-12-7-8-13(9-12)17(14)16(19)21-10-11-5-3-2-4-6-11/h2-6,12-14H,7-10H2,1H3. The zero-order valence-corrected chi connectivity index (χ0v) is 12.0. The molecule has 0 aromatic heterocycles. The second-order valence-electron chi connectivity index (χ2n) is 5.64. The fourth-order valence-corrected chi connectivity index (χ4v) is 3.47. The van der Waals surface area contributed by atoms with Crippen molar-refractivity contribution >= 4 is 12.1 Å². The Labute approximate surface area is 123 Å². The maximum absolute atomic E-state index is 12.3. The van der Waals surface area contributed by atoms with Gasteiger partial charge in [0.15, 0.2) is 0 Å². The van der Waals surface area contributed by atoms with Gasteiger partial charge >= 0.3 is 12.1 Å². The van der Waals surface area contributed by atoms with Gasteiger partial charge in [-0.15, -0.1) is 0 Å². The minimum absolute atomic E-state index is 0.113. The van der Waals surface area contributed by atoms with E-state index < -0.39 is 12.1 Å². The summed E-state index contributed by atoms with van der Waals surface area (Å²) in [6.07, 6.45) is 2.38. The van der Waals surface area contributed by atoms with Gasteiger partial charge in [-0.25, -0.2) is 9.59 Å². The molecule has 1 aliphatic heterocycles. The van der Waals surface area contributed by atoms with E-state index in [4.69, 9.17) is 9.47 Å². The first-order chi connectivity index (χ1) is 10.2. The van der Waals surface area contributed by atoms with Crippen LogP contribution in [0.4, 0.5) is 4.79 Å². The molecular weight excluding hydrogens is 270 g/mol. The topological polar surface area (TPSA) is 55.8 Å². The number of nitrogens with zero attached hydrogens (tertiary/aromatic N) is 1. The first-order valence-corrected chi connectivity index (χ1v) is 7.27. The summed E-state index contributed by atoms with van der Waals surface area (Å²) in [6, 6.07) is 9.16. The van der Waals surface area contributed by atoms with Crippen LogP contribution in [0.5, 0.6) is 0 Å². The lowest BCUT2D eigenvalue weighted by Gasteiger charge is -2.32. The Morgan fingerprint density at radius 1 is 1.24 bits per heavy atom. The highest BCUT2D eigenvalue weighted by Gasteiger charge is 2.52. The number of carbonyl (C=O) groups is 2. The van der Waals surface area contributed by atoms with Crippen molar-refractivity contribution in [1.82, 2.24) is 4.90 Å². The molecule has 0 N–H and O–H groups in total. The van der Waals surface area contributed by atoms with Crippen molar-refractivity contribution in [2.45, 2.75) is 38.0 Å². The predicted molar refractivity (Wildman–Crippen MR) is 75.4 cm³/mol. The summed E-state index contributed by atoms with van der Waals surface area (Å²) in [7, 11) is 1.36. The maximum Gasteiger partial charge on any atom is 0.411 e. The number of hydrogen-bond acceptors (Lipinski definition) is 4. The average Bonchev–Trinajstić information content (AvgIpc) is 3.13. The Morgan fingerprint density at radius 3 is 2.71 bits per heavy atom. The number of likely N-dealkylation sites (tertiary alicyclic amines) is 1. The lowest BCUT2D eigenvalue weighted by molar-refractivity contribution is -0.148. The molecule has 3 unspecified atom stereocenters. The van der Waals surface area contributed by atoms with Gasteiger partial charge in [0, 0.05) is 6.04 Å². The number of benzene rings is 1. The average molecular weight is 289 g/mol. The van der Waals surface area contributed by atoms with Crippen molar-refractivity contribution in [3.63, 3.8) is 0 Å². The monoisotopic (exact) mass is 289 g/mol. The molecule has 3 rings (SSSR count). The Bertz CT molecular complexity index is 530. The number of rotatable bonds is 3. The van der Waals surface area contributed by atoms with E-state index in [1.165, 1.54) is 7.11 Å². The highest BCUT2D eigenvalue weighted by Crippen LogP contribution is 2.43. The number of fused-ring (bicyclic) bond motifs is 2. The first kappa shape index (κ1) is 13.9. The third-order valence-corrected chi connectivity index (χ3v) is 4.44. The molecule has 0 radical (unpaired) electrons. The van der Waals surface area contributed by atoms with Crippen LogP contribution in [0.2, 0.25) is 0 Å². The van der Waals surface area contributed by atoms with E-state index in [1.807, 2.05) is 30.3 Å². The van der Waals surface area contributed by atoms with Gasteiger partial charge in [0.2, 0.25) is 0 Å². The van der Waals surface area contributed by atoms with E-state index >= 15 is 0 Å².